The molecule has 0 atom stereocenters. The Hall–Kier alpha value is -1.34. The zero-order valence-corrected chi connectivity index (χ0v) is 15.1. The minimum atomic E-state index is 0.285. The van der Waals surface area contributed by atoms with Gasteiger partial charge in [0.05, 0.1) is 5.69 Å². The number of hydrogen-bond acceptors (Lipinski definition) is 6. The standard InChI is InChI=1S/C18H26N4OS/c1-21(9-4-12-23)15-6-10-22(11-7-15)14-16-13-20-18(24-16)17-5-2-3-8-19-17/h2-3,5,8,13,15,23H,4,6-7,9-12,14H2,1H3. The highest BCUT2D eigenvalue weighted by atomic mass is 32.1. The van der Waals surface area contributed by atoms with Gasteiger partial charge in [-0.25, -0.2) is 4.98 Å². The van der Waals surface area contributed by atoms with Crippen molar-refractivity contribution in [3.8, 4) is 10.7 Å². The Bertz CT molecular complexity index is 610. The number of thiazole rings is 1. The van der Waals surface area contributed by atoms with Crippen LogP contribution in [0.3, 0.4) is 0 Å². The topological polar surface area (TPSA) is 52.5 Å². The lowest BCUT2D eigenvalue weighted by atomic mass is 10.0. The van der Waals surface area contributed by atoms with E-state index in [0.717, 1.165) is 43.3 Å². The molecule has 0 unspecified atom stereocenters. The fourth-order valence-corrected chi connectivity index (χ4v) is 4.16. The van der Waals surface area contributed by atoms with Crippen LogP contribution in [0.4, 0.5) is 0 Å². The average molecular weight is 347 g/mol. The van der Waals surface area contributed by atoms with Gasteiger partial charge in [-0.1, -0.05) is 6.07 Å². The second-order valence-electron chi connectivity index (χ2n) is 6.41. The molecule has 0 amide bonds. The monoisotopic (exact) mass is 346 g/mol. The van der Waals surface area contributed by atoms with Crippen molar-refractivity contribution >= 4 is 11.3 Å². The largest absolute Gasteiger partial charge is 0.396 e. The summed E-state index contributed by atoms with van der Waals surface area (Å²) in [4.78, 5) is 15.1. The SMILES string of the molecule is CN(CCCO)C1CCN(Cc2cnc(-c3ccccn3)s2)CC1. The summed E-state index contributed by atoms with van der Waals surface area (Å²) in [5.41, 5.74) is 0.956. The molecule has 3 rings (SSSR count). The molecule has 0 bridgehead atoms. The van der Waals surface area contributed by atoms with E-state index in [4.69, 9.17) is 5.11 Å². The van der Waals surface area contributed by atoms with E-state index >= 15 is 0 Å². The van der Waals surface area contributed by atoms with E-state index < -0.39 is 0 Å². The summed E-state index contributed by atoms with van der Waals surface area (Å²) in [5, 5.41) is 9.96. The Labute approximate surface area is 148 Å². The predicted molar refractivity (Wildman–Crippen MR) is 98.0 cm³/mol. The molecular formula is C18H26N4OS. The van der Waals surface area contributed by atoms with E-state index in [0.29, 0.717) is 6.04 Å². The van der Waals surface area contributed by atoms with Crippen molar-refractivity contribution in [1.29, 1.82) is 0 Å². The van der Waals surface area contributed by atoms with E-state index in [9.17, 15) is 0 Å². The van der Waals surface area contributed by atoms with Gasteiger partial charge in [-0.3, -0.25) is 9.88 Å². The summed E-state index contributed by atoms with van der Waals surface area (Å²) < 4.78 is 0. The molecule has 1 fully saturated rings. The second kappa shape index (κ2) is 8.67. The lowest BCUT2D eigenvalue weighted by molar-refractivity contribution is 0.118. The third-order valence-corrected chi connectivity index (χ3v) is 5.67. The third-order valence-electron chi connectivity index (χ3n) is 4.67. The van der Waals surface area contributed by atoms with Crippen molar-refractivity contribution < 1.29 is 5.11 Å². The van der Waals surface area contributed by atoms with Crippen molar-refractivity contribution in [1.82, 2.24) is 19.8 Å². The van der Waals surface area contributed by atoms with Crippen LogP contribution in [0.25, 0.3) is 10.7 Å². The van der Waals surface area contributed by atoms with E-state index in [-0.39, 0.29) is 6.61 Å². The van der Waals surface area contributed by atoms with Crippen molar-refractivity contribution in [2.45, 2.75) is 31.8 Å². The summed E-state index contributed by atoms with van der Waals surface area (Å²) in [6, 6.07) is 6.59. The van der Waals surface area contributed by atoms with Crippen LogP contribution in [0.2, 0.25) is 0 Å². The van der Waals surface area contributed by atoms with Gasteiger partial charge in [0.25, 0.3) is 0 Å². The zero-order valence-electron chi connectivity index (χ0n) is 14.3. The van der Waals surface area contributed by atoms with Gasteiger partial charge in [0.2, 0.25) is 0 Å². The first kappa shape index (κ1) is 17.5. The molecule has 2 aromatic rings. The van der Waals surface area contributed by atoms with Gasteiger partial charge in [-0.05, 0) is 38.4 Å². The van der Waals surface area contributed by atoms with Crippen LogP contribution >= 0.6 is 11.3 Å². The van der Waals surface area contributed by atoms with E-state index in [2.05, 4.69) is 26.8 Å². The van der Waals surface area contributed by atoms with Gasteiger partial charge in [0, 0.05) is 56.1 Å². The number of hydrogen-bond donors (Lipinski definition) is 1. The lowest BCUT2D eigenvalue weighted by Crippen LogP contribution is -2.43. The smallest absolute Gasteiger partial charge is 0.142 e. The Morgan fingerprint density at radius 1 is 1.29 bits per heavy atom. The summed E-state index contributed by atoms with van der Waals surface area (Å²) in [5.74, 6) is 0. The minimum Gasteiger partial charge on any atom is -0.396 e. The third kappa shape index (κ3) is 4.60. The maximum absolute atomic E-state index is 8.96. The highest BCUT2D eigenvalue weighted by Gasteiger charge is 2.22. The number of aliphatic hydroxyl groups excluding tert-OH is 1. The lowest BCUT2D eigenvalue weighted by Gasteiger charge is -2.36. The molecule has 0 aliphatic carbocycles. The predicted octanol–water partition coefficient (Wildman–Crippen LogP) is 2.48. The van der Waals surface area contributed by atoms with Crippen LogP contribution in [-0.2, 0) is 6.54 Å². The highest BCUT2D eigenvalue weighted by molar-refractivity contribution is 7.14. The zero-order chi connectivity index (χ0) is 16.8. The van der Waals surface area contributed by atoms with Crippen LogP contribution in [0, 0.1) is 0 Å². The molecule has 1 saturated heterocycles. The molecule has 24 heavy (non-hydrogen) atoms. The van der Waals surface area contributed by atoms with Crippen molar-refractivity contribution in [3.63, 3.8) is 0 Å². The summed E-state index contributed by atoms with van der Waals surface area (Å²) in [6.45, 7) is 4.52. The average Bonchev–Trinajstić information content (AvgIpc) is 3.09. The number of aromatic nitrogens is 2. The summed E-state index contributed by atoms with van der Waals surface area (Å²) in [6.07, 6.45) is 7.08. The molecular weight excluding hydrogens is 320 g/mol. The second-order valence-corrected chi connectivity index (χ2v) is 7.53. The van der Waals surface area contributed by atoms with Crippen LogP contribution in [-0.4, -0.2) is 64.2 Å². The van der Waals surface area contributed by atoms with Crippen molar-refractivity contribution in [2.75, 3.05) is 33.3 Å². The number of rotatable bonds is 7. The number of nitrogens with zero attached hydrogens (tertiary/aromatic N) is 4. The van der Waals surface area contributed by atoms with Gasteiger partial charge in [-0.2, -0.15) is 0 Å². The normalized spacial score (nSPS) is 16.8. The van der Waals surface area contributed by atoms with Gasteiger partial charge >= 0.3 is 0 Å². The minimum absolute atomic E-state index is 0.285. The van der Waals surface area contributed by atoms with Crippen LogP contribution < -0.4 is 0 Å². The highest BCUT2D eigenvalue weighted by Crippen LogP contribution is 2.25. The number of piperidine rings is 1. The van der Waals surface area contributed by atoms with Crippen LogP contribution in [0.5, 0.6) is 0 Å². The molecule has 1 aliphatic heterocycles. The summed E-state index contributed by atoms with van der Waals surface area (Å²) >= 11 is 1.74. The first-order valence-corrected chi connectivity index (χ1v) is 9.47. The molecule has 6 heteroatoms. The molecule has 1 aliphatic rings. The molecule has 0 aromatic carbocycles. The van der Waals surface area contributed by atoms with Crippen molar-refractivity contribution in [2.24, 2.45) is 0 Å². The fourth-order valence-electron chi connectivity index (χ4n) is 3.23. The molecule has 1 N–H and O–H groups in total. The van der Waals surface area contributed by atoms with Crippen LogP contribution in [0.15, 0.2) is 30.6 Å². The molecule has 0 spiro atoms. The molecule has 0 saturated carbocycles. The Morgan fingerprint density at radius 2 is 2.12 bits per heavy atom. The maximum Gasteiger partial charge on any atom is 0.142 e. The summed E-state index contributed by atoms with van der Waals surface area (Å²) in [7, 11) is 2.18. The fraction of sp³-hybridized carbons (Fsp3) is 0.556. The van der Waals surface area contributed by atoms with Gasteiger partial charge in [0.15, 0.2) is 0 Å². The molecule has 0 radical (unpaired) electrons. The Morgan fingerprint density at radius 3 is 2.83 bits per heavy atom. The molecule has 5 nitrogen and oxygen atoms in total. The molecule has 3 heterocycles. The van der Waals surface area contributed by atoms with E-state index in [1.165, 1.54) is 17.7 Å². The number of pyridine rings is 1. The van der Waals surface area contributed by atoms with Crippen molar-refractivity contribution in [3.05, 3.63) is 35.5 Å². The van der Waals surface area contributed by atoms with Gasteiger partial charge < -0.3 is 10.0 Å². The number of likely N-dealkylation sites (tertiary alicyclic amines) is 1. The quantitative estimate of drug-likeness (QED) is 0.835. The first-order chi connectivity index (χ1) is 11.8. The van der Waals surface area contributed by atoms with E-state index in [1.54, 1.807) is 11.3 Å². The van der Waals surface area contributed by atoms with Crippen LogP contribution in [0.1, 0.15) is 24.1 Å². The number of aliphatic hydroxyl groups is 1. The van der Waals surface area contributed by atoms with Gasteiger partial charge in [-0.15, -0.1) is 11.3 Å². The first-order valence-electron chi connectivity index (χ1n) is 8.66. The Balaban J connectivity index is 1.49. The molecule has 130 valence electrons. The van der Waals surface area contributed by atoms with Gasteiger partial charge in [0.1, 0.15) is 5.01 Å². The Kier molecular flexibility index (Phi) is 6.31. The molecule has 2 aromatic heterocycles. The van der Waals surface area contributed by atoms with E-state index in [1.807, 2.05) is 30.6 Å². The maximum atomic E-state index is 8.96.